The molecule has 0 atom stereocenters. The SMILES string of the molecule is CC(C)(c1ccccc1)c1ccc(OCCOCCOCCOCCOCCOCCOCCOC(=O)CCS)cc1. The Morgan fingerprint density at radius 2 is 0.976 bits per heavy atom. The maximum absolute atomic E-state index is 11.1. The molecular weight excluding hydrogens is 560 g/mol. The first kappa shape index (κ1) is 36.0. The molecule has 0 radical (unpaired) electrons. The predicted molar refractivity (Wildman–Crippen MR) is 165 cm³/mol. The summed E-state index contributed by atoms with van der Waals surface area (Å²) in [7, 11) is 0. The number of hydrogen-bond donors (Lipinski definition) is 1. The summed E-state index contributed by atoms with van der Waals surface area (Å²) in [6.07, 6.45) is 0.310. The van der Waals surface area contributed by atoms with Gasteiger partial charge in [-0.2, -0.15) is 12.6 Å². The number of ether oxygens (including phenoxy) is 8. The van der Waals surface area contributed by atoms with Crippen LogP contribution in [0.15, 0.2) is 54.6 Å². The van der Waals surface area contributed by atoms with E-state index in [4.69, 9.17) is 37.9 Å². The fraction of sp³-hybridized carbons (Fsp3) is 0.594. The Kier molecular flexibility index (Phi) is 20.0. The molecule has 9 nitrogen and oxygen atoms in total. The lowest BCUT2D eigenvalue weighted by atomic mass is 9.78. The Morgan fingerprint density at radius 1 is 0.571 bits per heavy atom. The van der Waals surface area contributed by atoms with Gasteiger partial charge in [-0.25, -0.2) is 0 Å². The van der Waals surface area contributed by atoms with Crippen LogP contribution < -0.4 is 4.74 Å². The molecule has 10 heteroatoms. The minimum absolute atomic E-state index is 0.0670. The van der Waals surface area contributed by atoms with E-state index in [9.17, 15) is 4.79 Å². The van der Waals surface area contributed by atoms with Gasteiger partial charge in [0.05, 0.1) is 85.7 Å². The Morgan fingerprint density at radius 3 is 1.43 bits per heavy atom. The third kappa shape index (κ3) is 16.5. The molecule has 0 aromatic heterocycles. The first-order valence-electron chi connectivity index (χ1n) is 14.6. The molecule has 2 aromatic carbocycles. The number of rotatable bonds is 26. The zero-order valence-corrected chi connectivity index (χ0v) is 26.0. The van der Waals surface area contributed by atoms with Gasteiger partial charge in [0.15, 0.2) is 0 Å². The fourth-order valence-electron chi connectivity index (χ4n) is 3.79. The van der Waals surface area contributed by atoms with Crippen molar-refractivity contribution >= 4 is 18.6 Å². The van der Waals surface area contributed by atoms with Crippen molar-refractivity contribution in [3.63, 3.8) is 0 Å². The lowest BCUT2D eigenvalue weighted by molar-refractivity contribution is -0.144. The van der Waals surface area contributed by atoms with Gasteiger partial charge in [-0.3, -0.25) is 4.79 Å². The molecule has 0 saturated carbocycles. The number of thiol groups is 1. The van der Waals surface area contributed by atoms with E-state index in [-0.39, 0.29) is 18.0 Å². The molecule has 2 rings (SSSR count). The van der Waals surface area contributed by atoms with Crippen molar-refractivity contribution in [2.24, 2.45) is 0 Å². The summed E-state index contributed by atoms with van der Waals surface area (Å²) >= 11 is 3.97. The van der Waals surface area contributed by atoms with Crippen LogP contribution in [0.1, 0.15) is 31.4 Å². The topological polar surface area (TPSA) is 90.9 Å². The van der Waals surface area contributed by atoms with Crippen LogP contribution in [0.25, 0.3) is 0 Å². The van der Waals surface area contributed by atoms with Crippen LogP contribution in [0.4, 0.5) is 0 Å². The monoisotopic (exact) mass is 608 g/mol. The van der Waals surface area contributed by atoms with Gasteiger partial charge in [0.1, 0.15) is 19.0 Å². The molecule has 42 heavy (non-hydrogen) atoms. The molecule has 0 saturated heterocycles. The van der Waals surface area contributed by atoms with E-state index < -0.39 is 0 Å². The molecule has 236 valence electrons. The molecule has 0 aliphatic heterocycles. The minimum Gasteiger partial charge on any atom is -0.491 e. The van der Waals surface area contributed by atoms with Crippen molar-refractivity contribution in [3.8, 4) is 5.75 Å². The average Bonchev–Trinajstić information content (AvgIpc) is 3.00. The molecule has 0 fully saturated rings. The standard InChI is InChI=1S/C32H48O9S/c1-32(2,28-6-4-3-5-7-28)29-8-10-30(11-9-29)40-25-23-38-21-19-36-17-15-34-13-14-35-16-18-37-20-22-39-24-26-41-31(33)12-27-42/h3-11,42H,12-27H2,1-2H3. The van der Waals surface area contributed by atoms with Crippen molar-refractivity contribution in [1.29, 1.82) is 0 Å². The van der Waals surface area contributed by atoms with Gasteiger partial charge >= 0.3 is 5.97 Å². The van der Waals surface area contributed by atoms with Crippen molar-refractivity contribution in [3.05, 3.63) is 65.7 Å². The van der Waals surface area contributed by atoms with E-state index in [1.807, 2.05) is 18.2 Å². The van der Waals surface area contributed by atoms with Crippen LogP contribution in [0, 0.1) is 0 Å². The van der Waals surface area contributed by atoms with Crippen LogP contribution in [0.5, 0.6) is 5.75 Å². The molecule has 0 amide bonds. The highest BCUT2D eigenvalue weighted by Gasteiger charge is 2.22. The van der Waals surface area contributed by atoms with Crippen molar-refractivity contribution in [1.82, 2.24) is 0 Å². The normalized spacial score (nSPS) is 11.5. The van der Waals surface area contributed by atoms with Crippen LogP contribution >= 0.6 is 12.6 Å². The maximum atomic E-state index is 11.1. The Hall–Kier alpha value is -2.18. The number of carbonyl (C=O) groups is 1. The summed E-state index contributed by atoms with van der Waals surface area (Å²) in [5, 5.41) is 0. The second-order valence-corrected chi connectivity index (χ2v) is 10.2. The first-order chi connectivity index (χ1) is 20.5. The van der Waals surface area contributed by atoms with Gasteiger partial charge in [-0.05, 0) is 23.3 Å². The molecule has 0 unspecified atom stereocenters. The van der Waals surface area contributed by atoms with Gasteiger partial charge in [0.2, 0.25) is 0 Å². The summed E-state index contributed by atoms with van der Waals surface area (Å²) in [5.41, 5.74) is 2.46. The molecular formula is C32H48O9S. The third-order valence-corrected chi connectivity index (χ3v) is 6.46. The smallest absolute Gasteiger partial charge is 0.306 e. The third-order valence-electron chi connectivity index (χ3n) is 6.23. The highest BCUT2D eigenvalue weighted by Crippen LogP contribution is 2.32. The number of carbonyl (C=O) groups excluding carboxylic acids is 1. The fourth-order valence-corrected chi connectivity index (χ4v) is 3.97. The number of esters is 1. The largest absolute Gasteiger partial charge is 0.491 e. The number of hydrogen-bond acceptors (Lipinski definition) is 10. The molecule has 2 aromatic rings. The lowest BCUT2D eigenvalue weighted by Crippen LogP contribution is -2.18. The van der Waals surface area contributed by atoms with E-state index in [1.54, 1.807) is 0 Å². The zero-order valence-electron chi connectivity index (χ0n) is 25.1. The van der Waals surface area contributed by atoms with E-state index in [1.165, 1.54) is 11.1 Å². The summed E-state index contributed by atoms with van der Waals surface area (Å²) in [4.78, 5) is 11.1. The zero-order chi connectivity index (χ0) is 30.1. The first-order valence-corrected chi connectivity index (χ1v) is 15.2. The Balaban J connectivity index is 1.31. The van der Waals surface area contributed by atoms with Crippen LogP contribution in [0.3, 0.4) is 0 Å². The highest BCUT2D eigenvalue weighted by atomic mass is 32.1. The summed E-state index contributed by atoms with van der Waals surface area (Å²) in [6.45, 7) is 10.9. The molecule has 0 heterocycles. The van der Waals surface area contributed by atoms with Crippen LogP contribution in [-0.2, 0) is 43.4 Å². The molecule has 0 aliphatic carbocycles. The van der Waals surface area contributed by atoms with Gasteiger partial charge < -0.3 is 37.9 Å². The summed E-state index contributed by atoms with van der Waals surface area (Å²) in [5.74, 6) is 1.05. The molecule has 0 bridgehead atoms. The molecule has 0 spiro atoms. The van der Waals surface area contributed by atoms with E-state index in [0.29, 0.717) is 98.1 Å². The van der Waals surface area contributed by atoms with Gasteiger partial charge in [0.25, 0.3) is 0 Å². The Bertz CT molecular complexity index is 925. The predicted octanol–water partition coefficient (Wildman–Crippen LogP) is 4.35. The van der Waals surface area contributed by atoms with E-state index in [2.05, 4.69) is 62.9 Å². The van der Waals surface area contributed by atoms with Crippen molar-refractivity contribution in [2.45, 2.75) is 25.7 Å². The second kappa shape index (κ2) is 23.3. The average molecular weight is 609 g/mol. The quantitative estimate of drug-likeness (QED) is 0.0951. The number of benzene rings is 2. The van der Waals surface area contributed by atoms with E-state index in [0.717, 1.165) is 5.75 Å². The highest BCUT2D eigenvalue weighted by molar-refractivity contribution is 7.80. The minimum atomic E-state index is -0.261. The Labute approximate surface area is 256 Å². The van der Waals surface area contributed by atoms with Gasteiger partial charge in [-0.1, -0.05) is 56.3 Å². The van der Waals surface area contributed by atoms with Gasteiger partial charge in [0, 0.05) is 11.2 Å². The maximum Gasteiger partial charge on any atom is 0.306 e. The van der Waals surface area contributed by atoms with Gasteiger partial charge in [-0.15, -0.1) is 0 Å². The second-order valence-electron chi connectivity index (χ2n) is 9.73. The van der Waals surface area contributed by atoms with Crippen LogP contribution in [0.2, 0.25) is 0 Å². The molecule has 0 N–H and O–H groups in total. The molecule has 0 aliphatic rings. The van der Waals surface area contributed by atoms with Crippen molar-refractivity contribution in [2.75, 3.05) is 98.2 Å². The van der Waals surface area contributed by atoms with Crippen molar-refractivity contribution < 1.29 is 42.7 Å². The van der Waals surface area contributed by atoms with E-state index >= 15 is 0 Å². The van der Waals surface area contributed by atoms with Crippen LogP contribution in [-0.4, -0.2) is 104 Å². The summed E-state index contributed by atoms with van der Waals surface area (Å²) < 4.78 is 43.5. The summed E-state index contributed by atoms with van der Waals surface area (Å²) in [6, 6.07) is 18.8. The lowest BCUT2D eigenvalue weighted by Gasteiger charge is -2.26.